The highest BCUT2D eigenvalue weighted by Gasteiger charge is 2.66. The Bertz CT molecular complexity index is 1350. The van der Waals surface area contributed by atoms with E-state index in [1.54, 1.807) is 48.5 Å². The van der Waals surface area contributed by atoms with Crippen molar-refractivity contribution in [2.75, 3.05) is 38.6 Å². The van der Waals surface area contributed by atoms with Crippen molar-refractivity contribution >= 4 is 29.0 Å². The zero-order valence-corrected chi connectivity index (χ0v) is 21.4. The third-order valence-corrected chi connectivity index (χ3v) is 7.28. The van der Waals surface area contributed by atoms with Crippen LogP contribution in [0.3, 0.4) is 0 Å². The number of amides is 2. The topological polar surface area (TPSA) is 90.4 Å². The molecule has 0 saturated carbocycles. The summed E-state index contributed by atoms with van der Waals surface area (Å²) >= 11 is 0. The van der Waals surface area contributed by atoms with E-state index < -0.39 is 23.1 Å². The number of Topliss-reactive ketones (excluding diaryl/α,β-unsaturated/α-hetero) is 1. The van der Waals surface area contributed by atoms with Gasteiger partial charge in [0.1, 0.15) is 17.6 Å². The van der Waals surface area contributed by atoms with Crippen molar-refractivity contribution in [2.24, 2.45) is 0 Å². The molecule has 0 bridgehead atoms. The average molecular weight is 502 g/mol. The molecular formula is C29H31N3O5. The van der Waals surface area contributed by atoms with Crippen molar-refractivity contribution in [3.05, 3.63) is 77.4 Å². The zero-order valence-electron chi connectivity index (χ0n) is 21.4. The van der Waals surface area contributed by atoms with Gasteiger partial charge >= 0.3 is 0 Å². The number of rotatable bonds is 7. The fraction of sp³-hybridized carbons (Fsp3) is 0.345. The quantitative estimate of drug-likeness (QED) is 0.272. The van der Waals surface area contributed by atoms with Gasteiger partial charge in [0.25, 0.3) is 17.6 Å². The fourth-order valence-corrected chi connectivity index (χ4v) is 5.74. The molecule has 192 valence electrons. The van der Waals surface area contributed by atoms with Gasteiger partial charge in [-0.1, -0.05) is 24.3 Å². The molecular weight excluding hydrogens is 470 g/mol. The Morgan fingerprint density at radius 2 is 1.97 bits per heavy atom. The number of nitrogens with zero attached hydrogens (tertiary/aromatic N) is 3. The maximum absolute atomic E-state index is 14.3. The van der Waals surface area contributed by atoms with E-state index in [4.69, 9.17) is 4.74 Å². The van der Waals surface area contributed by atoms with Crippen molar-refractivity contribution in [3.63, 3.8) is 0 Å². The SMILES string of the molecule is C=CCN1C(=O)C2(C(=C(O)c3ccc4c(c3)CC(C)O4)C(=O)C(=O)N2CCCN(C)C)c2ccccc21. The molecule has 0 aromatic heterocycles. The van der Waals surface area contributed by atoms with Gasteiger partial charge in [-0.2, -0.15) is 0 Å². The van der Waals surface area contributed by atoms with Crippen LogP contribution in [-0.4, -0.2) is 72.3 Å². The third kappa shape index (κ3) is 3.66. The zero-order chi connectivity index (χ0) is 26.5. The van der Waals surface area contributed by atoms with Crippen molar-refractivity contribution in [1.29, 1.82) is 0 Å². The van der Waals surface area contributed by atoms with Crippen molar-refractivity contribution in [1.82, 2.24) is 9.80 Å². The van der Waals surface area contributed by atoms with E-state index in [0.29, 0.717) is 36.2 Å². The third-order valence-electron chi connectivity index (χ3n) is 7.28. The van der Waals surface area contributed by atoms with Gasteiger partial charge < -0.3 is 24.5 Å². The monoisotopic (exact) mass is 501 g/mol. The predicted molar refractivity (Wildman–Crippen MR) is 140 cm³/mol. The van der Waals surface area contributed by atoms with Crippen molar-refractivity contribution in [2.45, 2.75) is 31.4 Å². The second kappa shape index (κ2) is 9.19. The summed E-state index contributed by atoms with van der Waals surface area (Å²) in [6, 6.07) is 12.3. The number of carbonyl (C=O) groups is 3. The Balaban J connectivity index is 1.74. The van der Waals surface area contributed by atoms with E-state index in [-0.39, 0.29) is 30.5 Å². The van der Waals surface area contributed by atoms with Crippen LogP contribution in [0.2, 0.25) is 0 Å². The highest BCUT2D eigenvalue weighted by Crippen LogP contribution is 2.53. The minimum atomic E-state index is -1.76. The van der Waals surface area contributed by atoms with Crippen LogP contribution in [0.4, 0.5) is 5.69 Å². The van der Waals surface area contributed by atoms with Crippen LogP contribution < -0.4 is 9.64 Å². The Kier molecular flexibility index (Phi) is 6.15. The number of likely N-dealkylation sites (tertiary alicyclic amines) is 1. The average Bonchev–Trinajstić information content (AvgIpc) is 3.44. The molecule has 3 aliphatic heterocycles. The number of hydrogen-bond donors (Lipinski definition) is 1. The summed E-state index contributed by atoms with van der Waals surface area (Å²) in [6.07, 6.45) is 2.82. The van der Waals surface area contributed by atoms with E-state index >= 15 is 0 Å². The molecule has 1 saturated heterocycles. The molecule has 3 aliphatic rings. The molecule has 1 spiro atoms. The lowest BCUT2D eigenvalue weighted by molar-refractivity contribution is -0.143. The molecule has 2 amide bonds. The first kappa shape index (κ1) is 24.8. The van der Waals surface area contributed by atoms with Gasteiger partial charge in [0, 0.05) is 30.6 Å². The fourth-order valence-electron chi connectivity index (χ4n) is 5.74. The smallest absolute Gasteiger partial charge is 0.296 e. The lowest BCUT2D eigenvalue weighted by Gasteiger charge is -2.34. The van der Waals surface area contributed by atoms with Gasteiger partial charge in [-0.05, 0) is 63.8 Å². The Hall–Kier alpha value is -3.91. The van der Waals surface area contributed by atoms with Crippen LogP contribution >= 0.6 is 0 Å². The molecule has 0 aliphatic carbocycles. The lowest BCUT2D eigenvalue weighted by atomic mass is 9.81. The van der Waals surface area contributed by atoms with Gasteiger partial charge in [0.05, 0.1) is 11.3 Å². The molecule has 1 fully saturated rings. The number of aliphatic hydroxyl groups is 1. The number of benzene rings is 2. The number of hydrogen-bond acceptors (Lipinski definition) is 6. The summed E-state index contributed by atoms with van der Waals surface area (Å²) in [4.78, 5) is 46.4. The summed E-state index contributed by atoms with van der Waals surface area (Å²) in [6.45, 7) is 6.78. The summed E-state index contributed by atoms with van der Waals surface area (Å²) < 4.78 is 5.78. The van der Waals surface area contributed by atoms with Crippen LogP contribution in [0.25, 0.3) is 5.76 Å². The molecule has 5 rings (SSSR count). The summed E-state index contributed by atoms with van der Waals surface area (Å²) in [5.41, 5.74) is 0.414. The van der Waals surface area contributed by atoms with Gasteiger partial charge in [0.2, 0.25) is 0 Å². The Labute approximate surface area is 216 Å². The Morgan fingerprint density at radius 3 is 2.70 bits per heavy atom. The van der Waals surface area contributed by atoms with E-state index in [2.05, 4.69) is 6.58 Å². The van der Waals surface area contributed by atoms with Crippen LogP contribution in [0.15, 0.2) is 60.7 Å². The summed E-state index contributed by atoms with van der Waals surface area (Å²) in [5.74, 6) is -1.74. The number of ether oxygens (including phenoxy) is 1. The minimum Gasteiger partial charge on any atom is -0.507 e. The molecule has 37 heavy (non-hydrogen) atoms. The number of anilines is 1. The number of para-hydroxylation sites is 1. The van der Waals surface area contributed by atoms with Gasteiger partial charge in [-0.25, -0.2) is 0 Å². The lowest BCUT2D eigenvalue weighted by Crippen LogP contribution is -2.52. The number of ketones is 1. The highest BCUT2D eigenvalue weighted by molar-refractivity contribution is 6.50. The van der Waals surface area contributed by atoms with Gasteiger partial charge in [-0.3, -0.25) is 14.4 Å². The van der Waals surface area contributed by atoms with Crippen molar-refractivity contribution in [3.8, 4) is 5.75 Å². The molecule has 1 N–H and O–H groups in total. The highest BCUT2D eigenvalue weighted by atomic mass is 16.5. The predicted octanol–water partition coefficient (Wildman–Crippen LogP) is 3.07. The molecule has 2 aromatic carbocycles. The molecule has 2 aromatic rings. The van der Waals surface area contributed by atoms with Crippen LogP contribution in [0, 0.1) is 0 Å². The first-order valence-corrected chi connectivity index (χ1v) is 12.5. The number of carbonyl (C=O) groups excluding carboxylic acids is 3. The standard InChI is InChI=1S/C29H31N3O5/c1-5-13-31-22-10-7-6-9-21(22)29(28(31)36)24(26(34)27(35)32(29)15-8-14-30(3)4)25(33)19-11-12-23-20(17-19)16-18(2)37-23/h5-7,9-12,17-18,33H,1,8,13-16H2,2-4H3. The minimum absolute atomic E-state index is 0.00372. The van der Waals surface area contributed by atoms with Gasteiger partial charge in [-0.15, -0.1) is 6.58 Å². The molecule has 0 radical (unpaired) electrons. The van der Waals surface area contributed by atoms with E-state index in [0.717, 1.165) is 11.3 Å². The molecule has 8 nitrogen and oxygen atoms in total. The van der Waals surface area contributed by atoms with Crippen LogP contribution in [-0.2, 0) is 26.3 Å². The van der Waals surface area contributed by atoms with E-state index in [1.165, 1.54) is 9.80 Å². The second-order valence-corrected chi connectivity index (χ2v) is 10.1. The Morgan fingerprint density at radius 1 is 1.22 bits per heavy atom. The van der Waals surface area contributed by atoms with Crippen LogP contribution in [0.1, 0.15) is 30.0 Å². The summed E-state index contributed by atoms with van der Waals surface area (Å²) in [5, 5.41) is 11.7. The summed E-state index contributed by atoms with van der Waals surface area (Å²) in [7, 11) is 3.84. The number of fused-ring (bicyclic) bond motifs is 3. The molecule has 8 heteroatoms. The van der Waals surface area contributed by atoms with E-state index in [9.17, 15) is 19.5 Å². The van der Waals surface area contributed by atoms with Crippen molar-refractivity contribution < 1.29 is 24.2 Å². The second-order valence-electron chi connectivity index (χ2n) is 10.1. The van der Waals surface area contributed by atoms with Gasteiger partial charge in [0.15, 0.2) is 5.54 Å². The first-order valence-electron chi connectivity index (χ1n) is 12.5. The maximum atomic E-state index is 14.3. The molecule has 2 unspecified atom stereocenters. The van der Waals surface area contributed by atoms with Crippen LogP contribution in [0.5, 0.6) is 5.75 Å². The molecule has 3 heterocycles. The maximum Gasteiger partial charge on any atom is 0.296 e. The molecule has 2 atom stereocenters. The first-order chi connectivity index (χ1) is 17.7. The normalized spacial score (nSPS) is 23.7. The van der Waals surface area contributed by atoms with E-state index in [1.807, 2.05) is 25.9 Å². The largest absolute Gasteiger partial charge is 0.507 e. The number of aliphatic hydroxyl groups excluding tert-OH is 1.